The number of nitrogens with one attached hydrogen (secondary N) is 1. The van der Waals surface area contributed by atoms with Crippen molar-refractivity contribution in [3.63, 3.8) is 0 Å². The first-order chi connectivity index (χ1) is 9.34. The van der Waals surface area contributed by atoms with E-state index in [0.717, 1.165) is 16.5 Å². The fourth-order valence-electron chi connectivity index (χ4n) is 1.98. The molecule has 0 spiro atoms. The highest BCUT2D eigenvalue weighted by Crippen LogP contribution is 2.18. The first-order valence-electron chi connectivity index (χ1n) is 5.96. The number of hydrogen-bond donors (Lipinski definition) is 2. The first kappa shape index (κ1) is 11.4. The third kappa shape index (κ3) is 2.30. The molecule has 3 N–H and O–H groups in total. The third-order valence-corrected chi connectivity index (χ3v) is 2.90. The molecule has 0 bridgehead atoms. The van der Waals surface area contributed by atoms with Crippen molar-refractivity contribution in [1.82, 2.24) is 15.0 Å². The van der Waals surface area contributed by atoms with Crippen molar-refractivity contribution in [2.75, 3.05) is 11.1 Å². The van der Waals surface area contributed by atoms with Gasteiger partial charge in [-0.05, 0) is 11.6 Å². The maximum Gasteiger partial charge on any atom is 0.152 e. The number of nitrogens with two attached hydrogens (primary N) is 1. The smallest absolute Gasteiger partial charge is 0.152 e. The number of fused-ring (bicyclic) bond motifs is 1. The van der Waals surface area contributed by atoms with Crippen LogP contribution in [-0.4, -0.2) is 15.0 Å². The lowest BCUT2D eigenvalue weighted by Gasteiger charge is -2.09. The molecule has 2 heterocycles. The van der Waals surface area contributed by atoms with Crippen molar-refractivity contribution in [1.29, 1.82) is 0 Å². The van der Waals surface area contributed by atoms with E-state index in [1.807, 2.05) is 30.3 Å². The Morgan fingerprint density at radius 1 is 1.11 bits per heavy atom. The average molecular weight is 251 g/mol. The minimum absolute atomic E-state index is 0.538. The molecule has 5 nitrogen and oxygen atoms in total. The summed E-state index contributed by atoms with van der Waals surface area (Å²) in [6.07, 6.45) is 4.85. The first-order valence-corrected chi connectivity index (χ1v) is 5.96. The van der Waals surface area contributed by atoms with E-state index in [2.05, 4.69) is 20.3 Å². The highest BCUT2D eigenvalue weighted by molar-refractivity contribution is 5.81. The number of rotatable bonds is 3. The summed E-state index contributed by atoms with van der Waals surface area (Å²) in [4.78, 5) is 12.4. The SMILES string of the molecule is Nc1cncnc1NCc1cccc2cccnc12. The molecule has 0 aliphatic heterocycles. The molecule has 3 rings (SSSR count). The molecule has 0 aliphatic carbocycles. The van der Waals surface area contributed by atoms with Gasteiger partial charge in [0, 0.05) is 18.1 Å². The van der Waals surface area contributed by atoms with Crippen LogP contribution in [-0.2, 0) is 6.54 Å². The Hall–Kier alpha value is -2.69. The van der Waals surface area contributed by atoms with E-state index in [-0.39, 0.29) is 0 Å². The minimum Gasteiger partial charge on any atom is -0.394 e. The molecule has 5 heteroatoms. The Labute approximate surface area is 110 Å². The Balaban J connectivity index is 1.88. The number of nitrogens with zero attached hydrogens (tertiary/aromatic N) is 3. The second kappa shape index (κ2) is 4.89. The number of hydrogen-bond acceptors (Lipinski definition) is 5. The van der Waals surface area contributed by atoms with E-state index in [9.17, 15) is 0 Å². The summed E-state index contributed by atoms with van der Waals surface area (Å²) in [5, 5.41) is 4.33. The van der Waals surface area contributed by atoms with Gasteiger partial charge in [0.25, 0.3) is 0 Å². The van der Waals surface area contributed by atoms with Gasteiger partial charge in [-0.1, -0.05) is 24.3 Å². The lowest BCUT2D eigenvalue weighted by Crippen LogP contribution is -2.05. The molecule has 0 atom stereocenters. The van der Waals surface area contributed by atoms with Crippen molar-refractivity contribution in [2.24, 2.45) is 0 Å². The van der Waals surface area contributed by atoms with Crippen molar-refractivity contribution >= 4 is 22.4 Å². The molecule has 0 unspecified atom stereocenters. The molecule has 0 amide bonds. The Bertz CT molecular complexity index is 706. The fraction of sp³-hybridized carbons (Fsp3) is 0.0714. The van der Waals surface area contributed by atoms with Gasteiger partial charge >= 0.3 is 0 Å². The van der Waals surface area contributed by atoms with Crippen LogP contribution in [0, 0.1) is 0 Å². The van der Waals surface area contributed by atoms with Gasteiger partial charge < -0.3 is 11.1 Å². The molecule has 0 saturated carbocycles. The molecule has 19 heavy (non-hydrogen) atoms. The van der Waals surface area contributed by atoms with Gasteiger partial charge in [0.2, 0.25) is 0 Å². The van der Waals surface area contributed by atoms with Crippen LogP contribution in [0.1, 0.15) is 5.56 Å². The molecule has 0 saturated heterocycles. The van der Waals surface area contributed by atoms with E-state index in [1.165, 1.54) is 6.33 Å². The number of para-hydroxylation sites is 1. The molecule has 1 aromatic carbocycles. The van der Waals surface area contributed by atoms with E-state index in [0.29, 0.717) is 18.1 Å². The summed E-state index contributed by atoms with van der Waals surface area (Å²) in [5.74, 6) is 0.642. The highest BCUT2D eigenvalue weighted by atomic mass is 15.0. The van der Waals surface area contributed by atoms with Gasteiger partial charge in [0.05, 0.1) is 17.4 Å². The molecule has 94 valence electrons. The predicted octanol–water partition coefficient (Wildman–Crippen LogP) is 2.22. The summed E-state index contributed by atoms with van der Waals surface area (Å²) in [6.45, 7) is 0.621. The Morgan fingerprint density at radius 3 is 2.89 bits per heavy atom. The maximum atomic E-state index is 5.79. The Morgan fingerprint density at radius 2 is 2.00 bits per heavy atom. The zero-order chi connectivity index (χ0) is 13.1. The quantitative estimate of drug-likeness (QED) is 0.746. The largest absolute Gasteiger partial charge is 0.394 e. The van der Waals surface area contributed by atoms with Crippen molar-refractivity contribution in [3.05, 3.63) is 54.6 Å². The number of benzene rings is 1. The van der Waals surface area contributed by atoms with Crippen LogP contribution < -0.4 is 11.1 Å². The van der Waals surface area contributed by atoms with Crippen LogP contribution >= 0.6 is 0 Å². The zero-order valence-corrected chi connectivity index (χ0v) is 10.2. The number of nitrogen functional groups attached to an aromatic ring is 1. The molecular weight excluding hydrogens is 238 g/mol. The summed E-state index contributed by atoms with van der Waals surface area (Å²) < 4.78 is 0. The molecule has 2 aromatic heterocycles. The van der Waals surface area contributed by atoms with E-state index >= 15 is 0 Å². The molecule has 3 aromatic rings. The van der Waals surface area contributed by atoms with Crippen LogP contribution in [0.3, 0.4) is 0 Å². The van der Waals surface area contributed by atoms with Crippen LogP contribution in [0.2, 0.25) is 0 Å². The van der Waals surface area contributed by atoms with Gasteiger partial charge in [-0.15, -0.1) is 0 Å². The molecular formula is C14H13N5. The summed E-state index contributed by atoms with van der Waals surface area (Å²) in [6, 6.07) is 10.1. The van der Waals surface area contributed by atoms with Gasteiger partial charge in [0.15, 0.2) is 5.82 Å². The minimum atomic E-state index is 0.538. The number of pyridine rings is 1. The van der Waals surface area contributed by atoms with E-state index in [4.69, 9.17) is 5.73 Å². The summed E-state index contributed by atoms with van der Waals surface area (Å²) in [7, 11) is 0. The van der Waals surface area contributed by atoms with Gasteiger partial charge in [-0.2, -0.15) is 0 Å². The normalized spacial score (nSPS) is 10.5. The highest BCUT2D eigenvalue weighted by Gasteiger charge is 2.03. The summed E-state index contributed by atoms with van der Waals surface area (Å²) >= 11 is 0. The van der Waals surface area contributed by atoms with Gasteiger partial charge in [-0.3, -0.25) is 4.98 Å². The number of aromatic nitrogens is 3. The molecule has 0 radical (unpaired) electrons. The fourth-order valence-corrected chi connectivity index (χ4v) is 1.98. The monoisotopic (exact) mass is 251 g/mol. The second-order valence-electron chi connectivity index (χ2n) is 4.17. The van der Waals surface area contributed by atoms with Crippen molar-refractivity contribution in [3.8, 4) is 0 Å². The average Bonchev–Trinajstić information content (AvgIpc) is 2.46. The van der Waals surface area contributed by atoms with Crippen LogP contribution in [0.25, 0.3) is 10.9 Å². The lowest BCUT2D eigenvalue weighted by molar-refractivity contribution is 1.09. The summed E-state index contributed by atoms with van der Waals surface area (Å²) in [5.41, 5.74) is 8.43. The van der Waals surface area contributed by atoms with Gasteiger partial charge in [0.1, 0.15) is 6.33 Å². The zero-order valence-electron chi connectivity index (χ0n) is 10.2. The predicted molar refractivity (Wildman–Crippen MR) is 75.5 cm³/mol. The lowest BCUT2D eigenvalue weighted by atomic mass is 10.1. The standard InChI is InChI=1S/C14H13N5/c15-12-8-16-9-19-14(12)18-7-11-4-1-3-10-5-2-6-17-13(10)11/h1-6,8-9H,7,15H2,(H,16,18,19). The van der Waals surface area contributed by atoms with Crippen LogP contribution in [0.4, 0.5) is 11.5 Å². The van der Waals surface area contributed by atoms with Gasteiger partial charge in [-0.25, -0.2) is 9.97 Å². The van der Waals surface area contributed by atoms with Crippen LogP contribution in [0.5, 0.6) is 0 Å². The van der Waals surface area contributed by atoms with Crippen molar-refractivity contribution < 1.29 is 0 Å². The Kier molecular flexibility index (Phi) is 2.94. The van der Waals surface area contributed by atoms with Crippen LogP contribution in [0.15, 0.2) is 49.1 Å². The number of anilines is 2. The molecule has 0 fully saturated rings. The maximum absolute atomic E-state index is 5.79. The van der Waals surface area contributed by atoms with E-state index < -0.39 is 0 Å². The van der Waals surface area contributed by atoms with E-state index in [1.54, 1.807) is 12.4 Å². The molecule has 0 aliphatic rings. The third-order valence-electron chi connectivity index (χ3n) is 2.90. The second-order valence-corrected chi connectivity index (χ2v) is 4.17. The van der Waals surface area contributed by atoms with Crippen molar-refractivity contribution in [2.45, 2.75) is 6.54 Å². The topological polar surface area (TPSA) is 76.7 Å².